The van der Waals surface area contributed by atoms with E-state index in [2.05, 4.69) is 10.3 Å². The molecule has 0 spiro atoms. The lowest BCUT2D eigenvalue weighted by Crippen LogP contribution is -2.43. The van der Waals surface area contributed by atoms with Gasteiger partial charge in [-0.25, -0.2) is 0 Å². The highest BCUT2D eigenvalue weighted by molar-refractivity contribution is 5.94. The minimum atomic E-state index is -0.280. The molecule has 2 amide bonds. The second-order valence-electron chi connectivity index (χ2n) is 4.60. The molecule has 0 bridgehead atoms. The maximum Gasteiger partial charge on any atom is 0.259 e. The zero-order chi connectivity index (χ0) is 13.8. The molecule has 0 aromatic carbocycles. The van der Waals surface area contributed by atoms with Crippen LogP contribution in [-0.4, -0.2) is 41.8 Å². The van der Waals surface area contributed by atoms with Crippen LogP contribution < -0.4 is 10.7 Å². The van der Waals surface area contributed by atoms with Gasteiger partial charge in [0.1, 0.15) is 5.56 Å². The van der Waals surface area contributed by atoms with Gasteiger partial charge < -0.3 is 15.2 Å². The molecule has 102 valence electrons. The molecule has 1 aromatic heterocycles. The first kappa shape index (κ1) is 13.3. The van der Waals surface area contributed by atoms with E-state index in [0.29, 0.717) is 25.9 Å². The monoisotopic (exact) mass is 263 g/mol. The van der Waals surface area contributed by atoms with Gasteiger partial charge in [0.05, 0.1) is 0 Å². The number of amides is 2. The number of nitrogens with one attached hydrogen (secondary N) is 2. The maximum atomic E-state index is 12.2. The number of aromatic amines is 1. The van der Waals surface area contributed by atoms with Crippen molar-refractivity contribution in [1.29, 1.82) is 0 Å². The first-order chi connectivity index (χ1) is 9.13. The summed E-state index contributed by atoms with van der Waals surface area (Å²) in [6.45, 7) is 1.01. The maximum absolute atomic E-state index is 12.2. The number of rotatable bonds is 2. The van der Waals surface area contributed by atoms with Gasteiger partial charge in [0.2, 0.25) is 5.91 Å². The van der Waals surface area contributed by atoms with Crippen LogP contribution >= 0.6 is 0 Å². The van der Waals surface area contributed by atoms with Crippen LogP contribution in [0.5, 0.6) is 0 Å². The van der Waals surface area contributed by atoms with Gasteiger partial charge in [-0.15, -0.1) is 0 Å². The Kier molecular flexibility index (Phi) is 3.99. The molecule has 2 rings (SSSR count). The van der Waals surface area contributed by atoms with Crippen LogP contribution in [0.25, 0.3) is 0 Å². The first-order valence-electron chi connectivity index (χ1n) is 6.31. The van der Waals surface area contributed by atoms with E-state index in [1.807, 2.05) is 0 Å². The summed E-state index contributed by atoms with van der Waals surface area (Å²) in [5.41, 5.74) is -0.127. The Morgan fingerprint density at radius 1 is 1.37 bits per heavy atom. The van der Waals surface area contributed by atoms with E-state index in [4.69, 9.17) is 0 Å². The van der Waals surface area contributed by atoms with Crippen LogP contribution in [0.2, 0.25) is 0 Å². The lowest BCUT2D eigenvalue weighted by atomic mass is 9.95. The summed E-state index contributed by atoms with van der Waals surface area (Å²) in [7, 11) is 1.61. The standard InChI is InChI=1S/C13H17N3O3/c1-14-12(18)9-3-6-16(7-4-9)13(19)10-8-15-5-2-11(10)17/h2,5,8-9H,3-4,6-7H2,1H3,(H,14,18)(H,15,17). The Balaban J connectivity index is 2.02. The fraction of sp³-hybridized carbons (Fsp3) is 0.462. The second kappa shape index (κ2) is 5.69. The summed E-state index contributed by atoms with van der Waals surface area (Å²) < 4.78 is 0. The van der Waals surface area contributed by atoms with E-state index < -0.39 is 0 Å². The predicted octanol–water partition coefficient (Wildman–Crippen LogP) is -0.0269. The smallest absolute Gasteiger partial charge is 0.259 e. The van der Waals surface area contributed by atoms with Crippen LogP contribution in [0, 0.1) is 5.92 Å². The summed E-state index contributed by atoms with van der Waals surface area (Å²) in [5, 5.41) is 2.62. The van der Waals surface area contributed by atoms with Gasteiger partial charge >= 0.3 is 0 Å². The minimum Gasteiger partial charge on any atom is -0.367 e. The second-order valence-corrected chi connectivity index (χ2v) is 4.60. The van der Waals surface area contributed by atoms with Crippen LogP contribution in [0.4, 0.5) is 0 Å². The Labute approximate surface area is 110 Å². The quantitative estimate of drug-likeness (QED) is 0.786. The van der Waals surface area contributed by atoms with Crippen LogP contribution in [-0.2, 0) is 4.79 Å². The third-order valence-electron chi connectivity index (χ3n) is 3.45. The number of hydrogen-bond acceptors (Lipinski definition) is 3. The van der Waals surface area contributed by atoms with Gasteiger partial charge in [0, 0.05) is 44.5 Å². The molecule has 0 radical (unpaired) electrons. The SMILES string of the molecule is CNC(=O)C1CCN(C(=O)c2c[nH]ccc2=O)CC1. The third-order valence-corrected chi connectivity index (χ3v) is 3.45. The summed E-state index contributed by atoms with van der Waals surface area (Å²) in [4.78, 5) is 39.6. The van der Waals surface area contributed by atoms with Gasteiger partial charge in [-0.05, 0) is 12.8 Å². The minimum absolute atomic E-state index is 0.0182. The highest BCUT2D eigenvalue weighted by atomic mass is 16.2. The molecular weight excluding hydrogens is 246 g/mol. The van der Waals surface area contributed by atoms with Gasteiger partial charge in [-0.2, -0.15) is 0 Å². The Hall–Kier alpha value is -2.11. The van der Waals surface area contributed by atoms with Crippen molar-refractivity contribution in [1.82, 2.24) is 15.2 Å². The average Bonchev–Trinajstić information content (AvgIpc) is 2.46. The van der Waals surface area contributed by atoms with Crippen molar-refractivity contribution in [3.05, 3.63) is 34.2 Å². The molecule has 6 nitrogen and oxygen atoms in total. The molecule has 1 fully saturated rings. The van der Waals surface area contributed by atoms with E-state index in [1.54, 1.807) is 11.9 Å². The molecule has 1 saturated heterocycles. The number of H-pyrrole nitrogens is 1. The normalized spacial score (nSPS) is 16.2. The topological polar surface area (TPSA) is 82.3 Å². The molecule has 0 unspecified atom stereocenters. The molecule has 2 N–H and O–H groups in total. The molecule has 1 aliphatic heterocycles. The third kappa shape index (κ3) is 2.83. The van der Waals surface area contributed by atoms with E-state index in [0.717, 1.165) is 0 Å². The Morgan fingerprint density at radius 2 is 2.05 bits per heavy atom. The fourth-order valence-corrected chi connectivity index (χ4v) is 2.30. The molecular formula is C13H17N3O3. The average molecular weight is 263 g/mol. The Bertz CT molecular complexity index is 530. The number of piperidine rings is 1. The van der Waals surface area contributed by atoms with E-state index >= 15 is 0 Å². The van der Waals surface area contributed by atoms with Crippen molar-refractivity contribution in [2.24, 2.45) is 5.92 Å². The predicted molar refractivity (Wildman–Crippen MR) is 69.8 cm³/mol. The summed E-state index contributed by atoms with van der Waals surface area (Å²) in [6.07, 6.45) is 4.19. The number of carbonyl (C=O) groups excluding carboxylic acids is 2. The van der Waals surface area contributed by atoms with Gasteiger partial charge in [-0.3, -0.25) is 14.4 Å². The van der Waals surface area contributed by atoms with Gasteiger partial charge in [0.15, 0.2) is 5.43 Å². The Morgan fingerprint density at radius 3 is 2.63 bits per heavy atom. The van der Waals surface area contributed by atoms with Crippen LogP contribution in [0.3, 0.4) is 0 Å². The van der Waals surface area contributed by atoms with Crippen molar-refractivity contribution < 1.29 is 9.59 Å². The summed E-state index contributed by atoms with van der Waals surface area (Å²) >= 11 is 0. The van der Waals surface area contributed by atoms with E-state index in [9.17, 15) is 14.4 Å². The first-order valence-corrected chi connectivity index (χ1v) is 6.31. The largest absolute Gasteiger partial charge is 0.367 e. The highest BCUT2D eigenvalue weighted by Gasteiger charge is 2.27. The molecule has 0 atom stereocenters. The van der Waals surface area contributed by atoms with E-state index in [1.165, 1.54) is 18.5 Å². The lowest BCUT2D eigenvalue weighted by Gasteiger charge is -2.30. The number of likely N-dealkylation sites (tertiary alicyclic amines) is 1. The number of hydrogen-bond donors (Lipinski definition) is 2. The molecule has 0 saturated carbocycles. The van der Waals surface area contributed by atoms with E-state index in [-0.39, 0.29) is 28.7 Å². The van der Waals surface area contributed by atoms with Crippen molar-refractivity contribution in [2.75, 3.05) is 20.1 Å². The zero-order valence-electron chi connectivity index (χ0n) is 10.8. The van der Waals surface area contributed by atoms with Crippen molar-refractivity contribution >= 4 is 11.8 Å². The number of aromatic nitrogens is 1. The lowest BCUT2D eigenvalue weighted by molar-refractivity contribution is -0.125. The zero-order valence-corrected chi connectivity index (χ0v) is 10.8. The highest BCUT2D eigenvalue weighted by Crippen LogP contribution is 2.18. The molecule has 1 aromatic rings. The van der Waals surface area contributed by atoms with Crippen LogP contribution in [0.15, 0.2) is 23.3 Å². The van der Waals surface area contributed by atoms with Crippen molar-refractivity contribution in [3.63, 3.8) is 0 Å². The summed E-state index contributed by atoms with van der Waals surface area (Å²) in [5.74, 6) is -0.287. The molecule has 19 heavy (non-hydrogen) atoms. The number of pyridine rings is 1. The molecule has 1 aliphatic rings. The van der Waals surface area contributed by atoms with Gasteiger partial charge in [-0.1, -0.05) is 0 Å². The number of carbonyl (C=O) groups is 2. The molecule has 6 heteroatoms. The number of nitrogens with zero attached hydrogens (tertiary/aromatic N) is 1. The molecule has 2 heterocycles. The fourth-order valence-electron chi connectivity index (χ4n) is 2.30. The van der Waals surface area contributed by atoms with Crippen LogP contribution in [0.1, 0.15) is 23.2 Å². The van der Waals surface area contributed by atoms with Crippen molar-refractivity contribution in [3.8, 4) is 0 Å². The van der Waals surface area contributed by atoms with Crippen molar-refractivity contribution in [2.45, 2.75) is 12.8 Å². The molecule has 0 aliphatic carbocycles. The summed E-state index contributed by atoms with van der Waals surface area (Å²) in [6, 6.07) is 1.34. The van der Waals surface area contributed by atoms with Gasteiger partial charge in [0.25, 0.3) is 5.91 Å².